The molecule has 1 aliphatic rings. The predicted octanol–water partition coefficient (Wildman–Crippen LogP) is 0.559. The number of hydrogen-bond donors (Lipinski definition) is 2. The molecule has 0 radical (unpaired) electrons. The van der Waals surface area contributed by atoms with Crippen molar-refractivity contribution in [1.82, 2.24) is 9.88 Å². The zero-order valence-corrected chi connectivity index (χ0v) is 11.1. The molecule has 3 N–H and O–H groups in total. The summed E-state index contributed by atoms with van der Waals surface area (Å²) in [6.45, 7) is 2.24. The molecular weight excluding hydrogens is 264 g/mol. The summed E-state index contributed by atoms with van der Waals surface area (Å²) in [7, 11) is 0. The maximum atomic E-state index is 12.4. The van der Waals surface area contributed by atoms with Crippen LogP contribution in [-0.2, 0) is 0 Å². The van der Waals surface area contributed by atoms with E-state index < -0.39 is 16.4 Å². The van der Waals surface area contributed by atoms with Gasteiger partial charge in [0.05, 0.1) is 10.5 Å². The Hall–Kier alpha value is -2.22. The van der Waals surface area contributed by atoms with Gasteiger partial charge in [-0.05, 0) is 25.8 Å². The van der Waals surface area contributed by atoms with Gasteiger partial charge >= 0.3 is 0 Å². The fourth-order valence-corrected chi connectivity index (χ4v) is 2.34. The Bertz CT molecular complexity index is 558. The van der Waals surface area contributed by atoms with E-state index in [9.17, 15) is 20.0 Å². The van der Waals surface area contributed by atoms with E-state index in [0.29, 0.717) is 19.4 Å². The smallest absolute Gasteiger partial charge is 0.300 e. The third-order valence-corrected chi connectivity index (χ3v) is 3.29. The average molecular weight is 280 g/mol. The number of β-amino-alcohol motifs (C(OH)–C–C–N with tert-alkyl or cyclic N) is 1. The maximum Gasteiger partial charge on any atom is 0.300 e. The first-order valence-electron chi connectivity index (χ1n) is 6.22. The highest BCUT2D eigenvalue weighted by molar-refractivity contribution is 5.98. The van der Waals surface area contributed by atoms with E-state index in [1.54, 1.807) is 6.92 Å². The van der Waals surface area contributed by atoms with Crippen molar-refractivity contribution in [2.75, 3.05) is 18.8 Å². The second-order valence-corrected chi connectivity index (χ2v) is 5.21. The minimum Gasteiger partial charge on any atom is -0.388 e. The Kier molecular flexibility index (Phi) is 3.58. The monoisotopic (exact) mass is 280 g/mol. The van der Waals surface area contributed by atoms with Crippen molar-refractivity contribution >= 4 is 17.4 Å². The molecule has 0 spiro atoms. The van der Waals surface area contributed by atoms with E-state index in [2.05, 4.69) is 4.98 Å². The third-order valence-electron chi connectivity index (χ3n) is 3.29. The van der Waals surface area contributed by atoms with Crippen molar-refractivity contribution in [3.63, 3.8) is 0 Å². The maximum absolute atomic E-state index is 12.4. The molecule has 0 bridgehead atoms. The summed E-state index contributed by atoms with van der Waals surface area (Å²) in [6, 6.07) is 1.20. The van der Waals surface area contributed by atoms with E-state index in [1.807, 2.05) is 0 Å². The van der Waals surface area contributed by atoms with E-state index >= 15 is 0 Å². The molecule has 0 aromatic carbocycles. The minimum atomic E-state index is -0.971. The molecule has 2 heterocycles. The van der Waals surface area contributed by atoms with Crippen LogP contribution in [0.3, 0.4) is 0 Å². The average Bonchev–Trinajstić information content (AvgIpc) is 2.36. The molecule has 1 fully saturated rings. The van der Waals surface area contributed by atoms with E-state index in [1.165, 1.54) is 11.0 Å². The van der Waals surface area contributed by atoms with Crippen LogP contribution in [0.5, 0.6) is 0 Å². The molecule has 1 unspecified atom stereocenters. The topological polar surface area (TPSA) is 123 Å². The Morgan fingerprint density at radius 2 is 2.35 bits per heavy atom. The molecule has 0 saturated carbocycles. The Morgan fingerprint density at radius 3 is 2.95 bits per heavy atom. The lowest BCUT2D eigenvalue weighted by atomic mass is 9.94. The molecule has 108 valence electrons. The first kappa shape index (κ1) is 14.2. The Morgan fingerprint density at radius 1 is 1.65 bits per heavy atom. The summed E-state index contributed by atoms with van der Waals surface area (Å²) in [5.41, 5.74) is 4.05. The van der Waals surface area contributed by atoms with Crippen molar-refractivity contribution in [3.05, 3.63) is 27.9 Å². The van der Waals surface area contributed by atoms with Gasteiger partial charge in [-0.3, -0.25) is 14.9 Å². The van der Waals surface area contributed by atoms with Crippen LogP contribution in [0.25, 0.3) is 0 Å². The highest BCUT2D eigenvalue weighted by Gasteiger charge is 2.33. The molecule has 1 amide bonds. The summed E-state index contributed by atoms with van der Waals surface area (Å²) in [6.07, 6.45) is 2.22. The number of anilines is 1. The Labute approximate surface area is 115 Å². The van der Waals surface area contributed by atoms with Crippen LogP contribution in [0.4, 0.5) is 11.5 Å². The molecule has 1 aliphatic heterocycles. The number of nitrogen functional groups attached to an aromatic ring is 1. The lowest BCUT2D eigenvalue weighted by molar-refractivity contribution is -0.385. The van der Waals surface area contributed by atoms with Gasteiger partial charge in [0, 0.05) is 13.1 Å². The fourth-order valence-electron chi connectivity index (χ4n) is 2.34. The van der Waals surface area contributed by atoms with Gasteiger partial charge in [-0.1, -0.05) is 0 Å². The molecule has 1 saturated heterocycles. The zero-order chi connectivity index (χ0) is 14.9. The van der Waals surface area contributed by atoms with Gasteiger partial charge in [-0.25, -0.2) is 4.98 Å². The van der Waals surface area contributed by atoms with Gasteiger partial charge in [0.1, 0.15) is 17.6 Å². The molecular formula is C12H16N4O4. The summed E-state index contributed by atoms with van der Waals surface area (Å²) in [5.74, 6) is -0.464. The van der Waals surface area contributed by atoms with Gasteiger partial charge in [0.2, 0.25) is 0 Å². The summed E-state index contributed by atoms with van der Waals surface area (Å²) in [5, 5.41) is 21.0. The largest absolute Gasteiger partial charge is 0.388 e. The number of carbonyl (C=O) groups is 1. The van der Waals surface area contributed by atoms with Crippen LogP contribution in [0.1, 0.15) is 30.1 Å². The second-order valence-electron chi connectivity index (χ2n) is 5.21. The minimum absolute atomic E-state index is 0.0442. The van der Waals surface area contributed by atoms with E-state index in [-0.39, 0.29) is 23.6 Å². The van der Waals surface area contributed by atoms with Gasteiger partial charge < -0.3 is 15.7 Å². The number of hydrogen-bond acceptors (Lipinski definition) is 6. The van der Waals surface area contributed by atoms with Gasteiger partial charge in [0.15, 0.2) is 0 Å². The second kappa shape index (κ2) is 5.04. The number of rotatable bonds is 2. The molecule has 0 aliphatic carbocycles. The predicted molar refractivity (Wildman–Crippen MR) is 71.1 cm³/mol. The van der Waals surface area contributed by atoms with Crippen molar-refractivity contribution in [3.8, 4) is 0 Å². The number of nitrogens with two attached hydrogens (primary N) is 1. The van der Waals surface area contributed by atoms with Gasteiger partial charge in [-0.2, -0.15) is 0 Å². The zero-order valence-electron chi connectivity index (χ0n) is 11.1. The Balaban J connectivity index is 2.33. The van der Waals surface area contributed by atoms with Crippen LogP contribution in [0.15, 0.2) is 12.3 Å². The highest BCUT2D eigenvalue weighted by Crippen LogP contribution is 2.25. The lowest BCUT2D eigenvalue weighted by Crippen LogP contribution is -2.48. The van der Waals surface area contributed by atoms with Crippen LogP contribution < -0.4 is 5.73 Å². The fraction of sp³-hybridized carbons (Fsp3) is 0.500. The molecule has 1 aromatic heterocycles. The summed E-state index contributed by atoms with van der Waals surface area (Å²) in [4.78, 5) is 27.7. The lowest BCUT2D eigenvalue weighted by Gasteiger charge is -2.36. The quantitative estimate of drug-likeness (QED) is 0.602. The molecule has 8 nitrogen and oxygen atoms in total. The normalized spacial score (nSPS) is 22.6. The molecule has 1 atom stereocenters. The number of amides is 1. The number of nitrogens with zero attached hydrogens (tertiary/aromatic N) is 3. The number of pyridine rings is 1. The van der Waals surface area contributed by atoms with Crippen molar-refractivity contribution in [2.45, 2.75) is 25.4 Å². The molecule has 2 rings (SSSR count). The summed E-state index contributed by atoms with van der Waals surface area (Å²) < 4.78 is 0. The van der Waals surface area contributed by atoms with Crippen molar-refractivity contribution in [1.29, 1.82) is 0 Å². The first-order valence-corrected chi connectivity index (χ1v) is 6.22. The number of likely N-dealkylation sites (tertiary alicyclic amines) is 1. The number of aliphatic hydroxyl groups is 1. The van der Waals surface area contributed by atoms with Crippen molar-refractivity contribution < 1.29 is 14.8 Å². The van der Waals surface area contributed by atoms with Crippen LogP contribution in [0.2, 0.25) is 0 Å². The number of carbonyl (C=O) groups excluding carboxylic acids is 1. The SMILES string of the molecule is CC1(O)CCCN(C(=O)c2cc(N)ncc2[N+](=O)[O-])C1. The third kappa shape index (κ3) is 2.85. The summed E-state index contributed by atoms with van der Waals surface area (Å²) >= 11 is 0. The first-order chi connectivity index (χ1) is 9.30. The van der Waals surface area contributed by atoms with Crippen molar-refractivity contribution in [2.24, 2.45) is 0 Å². The number of piperidine rings is 1. The highest BCUT2D eigenvalue weighted by atomic mass is 16.6. The van der Waals surface area contributed by atoms with Crippen LogP contribution in [0, 0.1) is 10.1 Å². The van der Waals surface area contributed by atoms with Crippen LogP contribution >= 0.6 is 0 Å². The van der Waals surface area contributed by atoms with Gasteiger partial charge in [-0.15, -0.1) is 0 Å². The number of aromatic nitrogens is 1. The van der Waals surface area contributed by atoms with E-state index in [4.69, 9.17) is 5.73 Å². The van der Waals surface area contributed by atoms with Crippen LogP contribution in [-0.4, -0.2) is 44.5 Å². The molecule has 1 aromatic rings. The molecule has 8 heteroatoms. The molecule has 20 heavy (non-hydrogen) atoms. The number of nitro groups is 1. The van der Waals surface area contributed by atoms with Gasteiger partial charge in [0.25, 0.3) is 11.6 Å². The standard InChI is InChI=1S/C12H16N4O4/c1-12(18)3-2-4-15(7-12)11(17)8-5-10(13)14-6-9(8)16(19)20/h5-6,18H,2-4,7H2,1H3,(H2,13,14). The van der Waals surface area contributed by atoms with E-state index in [0.717, 1.165) is 6.20 Å².